The Kier molecular flexibility index (Phi) is 5.73. The second kappa shape index (κ2) is 7.54. The van der Waals surface area contributed by atoms with Crippen LogP contribution in [0.5, 0.6) is 0 Å². The van der Waals surface area contributed by atoms with Gasteiger partial charge in [0.1, 0.15) is 0 Å². The average molecular weight is 383 g/mol. The normalized spacial score (nSPS) is 11.1. The second-order valence-electron chi connectivity index (χ2n) is 4.28. The summed E-state index contributed by atoms with van der Waals surface area (Å²) in [6.07, 6.45) is 0. The first-order valence-corrected chi connectivity index (χ1v) is 7.75. The molecule has 6 heteroatoms. The molecule has 0 spiro atoms. The molecular formula is C15H13BrClN3S. The van der Waals surface area contributed by atoms with Crippen LogP contribution in [-0.2, 0) is 0 Å². The third kappa shape index (κ3) is 5.12. The van der Waals surface area contributed by atoms with E-state index >= 15 is 0 Å². The summed E-state index contributed by atoms with van der Waals surface area (Å²) in [5, 5.41) is 8.40. The van der Waals surface area contributed by atoms with Gasteiger partial charge in [-0.1, -0.05) is 39.7 Å². The molecule has 0 heterocycles. The Morgan fingerprint density at radius 3 is 2.33 bits per heavy atom. The summed E-state index contributed by atoms with van der Waals surface area (Å²) in [6, 6.07) is 15.2. The van der Waals surface area contributed by atoms with Gasteiger partial charge in [0.2, 0.25) is 0 Å². The van der Waals surface area contributed by atoms with Gasteiger partial charge in [-0.25, -0.2) is 0 Å². The van der Waals surface area contributed by atoms with Gasteiger partial charge in [0, 0.05) is 15.2 Å². The number of rotatable bonds is 3. The summed E-state index contributed by atoms with van der Waals surface area (Å²) in [5.41, 5.74) is 5.55. The lowest BCUT2D eigenvalue weighted by molar-refractivity contribution is 1.04. The number of hydrogen-bond acceptors (Lipinski definition) is 2. The molecule has 21 heavy (non-hydrogen) atoms. The first-order valence-electron chi connectivity index (χ1n) is 6.17. The van der Waals surface area contributed by atoms with E-state index in [0.717, 1.165) is 21.4 Å². The van der Waals surface area contributed by atoms with Crippen LogP contribution < -0.4 is 10.7 Å². The summed E-state index contributed by atoms with van der Waals surface area (Å²) in [4.78, 5) is 0. The zero-order valence-electron chi connectivity index (χ0n) is 11.2. The summed E-state index contributed by atoms with van der Waals surface area (Å²) >= 11 is 14.4. The van der Waals surface area contributed by atoms with Crippen molar-refractivity contribution in [2.75, 3.05) is 5.32 Å². The van der Waals surface area contributed by atoms with Gasteiger partial charge in [0.15, 0.2) is 5.11 Å². The van der Waals surface area contributed by atoms with Gasteiger partial charge in [-0.05, 0) is 61.1 Å². The molecule has 0 amide bonds. The number of nitrogens with zero attached hydrogens (tertiary/aromatic N) is 1. The van der Waals surface area contributed by atoms with E-state index in [-0.39, 0.29) is 0 Å². The molecule has 0 aliphatic heterocycles. The van der Waals surface area contributed by atoms with Crippen molar-refractivity contribution >= 4 is 56.3 Å². The molecule has 0 saturated carbocycles. The number of hydrogen-bond donors (Lipinski definition) is 2. The molecule has 2 aromatic carbocycles. The molecule has 0 saturated heterocycles. The predicted octanol–water partition coefficient (Wildman–Crippen LogP) is 4.81. The van der Waals surface area contributed by atoms with E-state index < -0.39 is 0 Å². The van der Waals surface area contributed by atoms with Crippen LogP contribution in [0.25, 0.3) is 0 Å². The van der Waals surface area contributed by atoms with Crippen molar-refractivity contribution < 1.29 is 0 Å². The van der Waals surface area contributed by atoms with Crippen molar-refractivity contribution in [1.29, 1.82) is 0 Å². The molecule has 3 nitrogen and oxygen atoms in total. The van der Waals surface area contributed by atoms with E-state index in [9.17, 15) is 0 Å². The zero-order chi connectivity index (χ0) is 15.2. The van der Waals surface area contributed by atoms with Gasteiger partial charge in [0.25, 0.3) is 0 Å². The monoisotopic (exact) mass is 381 g/mol. The first-order chi connectivity index (χ1) is 10.0. The Labute approximate surface area is 142 Å². The highest BCUT2D eigenvalue weighted by molar-refractivity contribution is 9.10. The maximum atomic E-state index is 5.83. The Bertz CT molecular complexity index is 654. The molecule has 0 fully saturated rings. The van der Waals surface area contributed by atoms with Gasteiger partial charge >= 0.3 is 0 Å². The number of hydrazone groups is 1. The van der Waals surface area contributed by atoms with Crippen LogP contribution in [-0.4, -0.2) is 10.8 Å². The lowest BCUT2D eigenvalue weighted by Gasteiger charge is -2.08. The van der Waals surface area contributed by atoms with Crippen LogP contribution in [0.4, 0.5) is 5.69 Å². The summed E-state index contributed by atoms with van der Waals surface area (Å²) in [5.74, 6) is 0. The van der Waals surface area contributed by atoms with Gasteiger partial charge in [0.05, 0.1) is 5.71 Å². The van der Waals surface area contributed by atoms with E-state index in [4.69, 9.17) is 23.8 Å². The topological polar surface area (TPSA) is 36.4 Å². The summed E-state index contributed by atoms with van der Waals surface area (Å²) in [6.45, 7) is 1.92. The van der Waals surface area contributed by atoms with Gasteiger partial charge in [-0.15, -0.1) is 0 Å². The first kappa shape index (κ1) is 15.9. The fourth-order valence-corrected chi connectivity index (χ4v) is 2.14. The standard InChI is InChI=1S/C15H13BrClN3S/c1-10(11-2-4-12(16)5-3-11)19-20-15(21)18-14-8-6-13(17)7-9-14/h2-9H,1H3,(H2,18,20,21)/b19-10+. The molecule has 0 bridgehead atoms. The van der Waals surface area contributed by atoms with Crippen LogP contribution >= 0.6 is 39.7 Å². The summed E-state index contributed by atoms with van der Waals surface area (Å²) < 4.78 is 1.03. The molecule has 2 rings (SSSR count). The van der Waals surface area contributed by atoms with E-state index in [1.54, 1.807) is 12.1 Å². The van der Waals surface area contributed by atoms with Crippen LogP contribution in [0.15, 0.2) is 58.1 Å². The van der Waals surface area contributed by atoms with Crippen LogP contribution in [0.2, 0.25) is 5.02 Å². The Morgan fingerprint density at radius 2 is 1.71 bits per heavy atom. The number of anilines is 1. The van der Waals surface area contributed by atoms with Crippen molar-refractivity contribution in [2.45, 2.75) is 6.92 Å². The molecule has 0 aromatic heterocycles. The SMILES string of the molecule is C/C(=N\NC(=S)Nc1ccc(Cl)cc1)c1ccc(Br)cc1. The van der Waals surface area contributed by atoms with Crippen molar-refractivity contribution in [3.8, 4) is 0 Å². The maximum Gasteiger partial charge on any atom is 0.191 e. The second-order valence-corrected chi connectivity index (χ2v) is 6.04. The molecule has 0 atom stereocenters. The van der Waals surface area contributed by atoms with Crippen LogP contribution in [0.1, 0.15) is 12.5 Å². The van der Waals surface area contributed by atoms with E-state index in [2.05, 4.69) is 31.8 Å². The Hall–Kier alpha value is -1.43. The maximum absolute atomic E-state index is 5.83. The number of nitrogens with one attached hydrogen (secondary N) is 2. The molecule has 0 aliphatic rings. The molecule has 0 unspecified atom stereocenters. The highest BCUT2D eigenvalue weighted by Gasteiger charge is 1.99. The lowest BCUT2D eigenvalue weighted by atomic mass is 10.1. The minimum absolute atomic E-state index is 0.425. The summed E-state index contributed by atoms with van der Waals surface area (Å²) in [7, 11) is 0. The molecular weight excluding hydrogens is 370 g/mol. The number of thiocarbonyl (C=S) groups is 1. The predicted molar refractivity (Wildman–Crippen MR) is 97.2 cm³/mol. The third-order valence-corrected chi connectivity index (χ3v) is 3.66. The Morgan fingerprint density at radius 1 is 1.10 bits per heavy atom. The van der Waals surface area contributed by atoms with Crippen molar-refractivity contribution in [2.24, 2.45) is 5.10 Å². The average Bonchev–Trinajstić information content (AvgIpc) is 2.48. The Balaban J connectivity index is 1.94. The number of benzene rings is 2. The molecule has 0 aliphatic carbocycles. The minimum atomic E-state index is 0.425. The molecule has 108 valence electrons. The lowest BCUT2D eigenvalue weighted by Crippen LogP contribution is -2.24. The highest BCUT2D eigenvalue weighted by atomic mass is 79.9. The molecule has 2 N–H and O–H groups in total. The van der Waals surface area contributed by atoms with E-state index in [0.29, 0.717) is 10.1 Å². The van der Waals surface area contributed by atoms with Crippen LogP contribution in [0.3, 0.4) is 0 Å². The largest absolute Gasteiger partial charge is 0.331 e. The van der Waals surface area contributed by atoms with E-state index in [1.807, 2.05) is 43.3 Å². The minimum Gasteiger partial charge on any atom is -0.331 e. The smallest absolute Gasteiger partial charge is 0.191 e. The van der Waals surface area contributed by atoms with Crippen LogP contribution in [0, 0.1) is 0 Å². The fraction of sp³-hybridized carbons (Fsp3) is 0.0667. The van der Waals surface area contributed by atoms with Crippen molar-refractivity contribution in [3.05, 3.63) is 63.6 Å². The van der Waals surface area contributed by atoms with E-state index in [1.165, 1.54) is 0 Å². The third-order valence-electron chi connectivity index (χ3n) is 2.69. The van der Waals surface area contributed by atoms with Gasteiger partial charge in [-0.3, -0.25) is 5.43 Å². The quantitative estimate of drug-likeness (QED) is 0.454. The molecule has 0 radical (unpaired) electrons. The number of halogens is 2. The molecule has 2 aromatic rings. The van der Waals surface area contributed by atoms with Gasteiger partial charge < -0.3 is 5.32 Å². The highest BCUT2D eigenvalue weighted by Crippen LogP contribution is 2.13. The van der Waals surface area contributed by atoms with Gasteiger partial charge in [-0.2, -0.15) is 5.10 Å². The van der Waals surface area contributed by atoms with Crippen molar-refractivity contribution in [3.63, 3.8) is 0 Å². The zero-order valence-corrected chi connectivity index (χ0v) is 14.4. The fourth-order valence-electron chi connectivity index (χ4n) is 1.58. The van der Waals surface area contributed by atoms with Crippen molar-refractivity contribution in [1.82, 2.24) is 5.43 Å².